The van der Waals surface area contributed by atoms with E-state index in [2.05, 4.69) is 46.3 Å². The number of unbranched alkanes of at least 4 members (excludes halogenated alkanes) is 20. The molecule has 0 amide bonds. The van der Waals surface area contributed by atoms with E-state index in [1.165, 1.54) is 128 Å². The van der Waals surface area contributed by atoms with E-state index in [-0.39, 0.29) is 0 Å². The molecule has 0 radical (unpaired) electrons. The van der Waals surface area contributed by atoms with Crippen LogP contribution in [0.2, 0.25) is 0 Å². The van der Waals surface area contributed by atoms with Crippen molar-refractivity contribution in [3.8, 4) is 0 Å². The first-order valence-electron chi connectivity index (χ1n) is 21.9. The van der Waals surface area contributed by atoms with Crippen LogP contribution in [0.25, 0.3) is 0 Å². The molecule has 0 unspecified atom stereocenters. The molecule has 0 aliphatic rings. The summed E-state index contributed by atoms with van der Waals surface area (Å²) in [6.45, 7) is -6.12. The Morgan fingerprint density at radius 1 is 0.293 bits per heavy atom. The molecule has 0 aliphatic carbocycles. The average Bonchev–Trinajstić information content (AvgIpc) is 3.12. The molecule has 18 heteroatoms. The van der Waals surface area contributed by atoms with E-state index < -0.39 is 65.4 Å². The molecule has 0 aromatic heterocycles. The summed E-state index contributed by atoms with van der Waals surface area (Å²) in [5, 5.41) is 0. The Morgan fingerprint density at radius 3 is 0.655 bits per heavy atom. The van der Waals surface area contributed by atoms with Crippen molar-refractivity contribution in [3.63, 3.8) is 0 Å². The van der Waals surface area contributed by atoms with Crippen molar-refractivity contribution in [3.05, 3.63) is 0 Å². The summed E-state index contributed by atoms with van der Waals surface area (Å²) in [5.74, 6) is 0. The van der Waals surface area contributed by atoms with E-state index in [1.54, 1.807) is 50.3 Å². The maximum Gasteiger partial charge on any atom is 0.532 e. The molecule has 58 heavy (non-hydrogen) atoms. The van der Waals surface area contributed by atoms with E-state index in [0.29, 0.717) is 0 Å². The van der Waals surface area contributed by atoms with Crippen molar-refractivity contribution >= 4 is 14.2 Å². The summed E-state index contributed by atoms with van der Waals surface area (Å²) in [4.78, 5) is 0. The molecular formula is C40H76BF12O4P. The highest BCUT2D eigenvalue weighted by atomic mass is 31.2. The molecule has 0 N–H and O–H groups in total. The van der Waals surface area contributed by atoms with Crippen molar-refractivity contribution in [2.45, 2.75) is 206 Å². The number of halogens is 12. The quantitative estimate of drug-likeness (QED) is 0.0272. The van der Waals surface area contributed by atoms with Crippen LogP contribution in [0.5, 0.6) is 0 Å². The monoisotopic (exact) mass is 891 g/mol. The average molecular weight is 891 g/mol. The lowest BCUT2D eigenvalue weighted by Crippen LogP contribution is -2.54. The Morgan fingerprint density at radius 2 is 0.466 bits per heavy atom. The van der Waals surface area contributed by atoms with Crippen LogP contribution in [0.15, 0.2) is 0 Å². The van der Waals surface area contributed by atoms with Crippen LogP contribution in [-0.2, 0) is 18.6 Å². The minimum atomic E-state index is -5.35. The van der Waals surface area contributed by atoms with Gasteiger partial charge in [0.05, 0.1) is 24.6 Å². The summed E-state index contributed by atoms with van der Waals surface area (Å²) in [6.07, 6.45) is 20.7. The fourth-order valence-electron chi connectivity index (χ4n) is 6.66. The van der Waals surface area contributed by atoms with Gasteiger partial charge in [-0.25, -0.2) is 0 Å². The lowest BCUT2D eigenvalue weighted by molar-refractivity contribution is -0.223. The largest absolute Gasteiger partial charge is 0.532 e. The van der Waals surface area contributed by atoms with Crippen molar-refractivity contribution < 1.29 is 71.3 Å². The van der Waals surface area contributed by atoms with Crippen molar-refractivity contribution in [1.82, 2.24) is 0 Å². The molecule has 0 aliphatic heterocycles. The summed E-state index contributed by atoms with van der Waals surface area (Å²) >= 11 is 0. The van der Waals surface area contributed by atoms with Gasteiger partial charge in [-0.15, -0.1) is 0 Å². The van der Waals surface area contributed by atoms with Gasteiger partial charge in [-0.2, -0.15) is 52.7 Å². The van der Waals surface area contributed by atoms with Gasteiger partial charge in [-0.3, -0.25) is 0 Å². The molecule has 0 saturated heterocycles. The maximum absolute atomic E-state index is 12.1. The third-order valence-corrected chi connectivity index (χ3v) is 14.8. The van der Waals surface area contributed by atoms with E-state index in [4.69, 9.17) is 0 Å². The standard InChI is InChI=1S/C32H68P.C8H8BF12O4/c1-5-9-13-17-18-19-20-21-22-23-24-28-32-33(29-25-14-10-6-2,30-26-15-11-7-3)31-27-16-12-8-4;10-5(11,12)1-22-9(23-2-6(13,14)15,24-3-7(16,17)18)25-4-8(19,20)21/h5-32H2,1-4H3;1-4H2/q+1;-1. The molecule has 0 rings (SSSR count). The minimum Gasteiger partial charge on any atom is -0.512 e. The first-order valence-corrected chi connectivity index (χ1v) is 24.4. The molecule has 0 heterocycles. The van der Waals surface area contributed by atoms with Crippen LogP contribution < -0.4 is 0 Å². The summed E-state index contributed by atoms with van der Waals surface area (Å²) in [7, 11) is -0.697. The lowest BCUT2D eigenvalue weighted by Gasteiger charge is -2.41. The normalized spacial score (nSPS) is 13.2. The van der Waals surface area contributed by atoms with Crippen LogP contribution in [0, 0.1) is 0 Å². The molecule has 352 valence electrons. The van der Waals surface area contributed by atoms with Gasteiger partial charge in [0.2, 0.25) is 0 Å². The summed E-state index contributed by atoms with van der Waals surface area (Å²) in [6, 6.07) is 0. The van der Waals surface area contributed by atoms with Crippen molar-refractivity contribution in [2.75, 3.05) is 51.1 Å². The van der Waals surface area contributed by atoms with Crippen LogP contribution in [-0.4, -0.2) is 82.7 Å². The van der Waals surface area contributed by atoms with Crippen molar-refractivity contribution in [1.29, 1.82) is 0 Å². The van der Waals surface area contributed by atoms with Gasteiger partial charge < -0.3 is 18.6 Å². The van der Waals surface area contributed by atoms with Crippen LogP contribution in [0.3, 0.4) is 0 Å². The highest BCUT2D eigenvalue weighted by Crippen LogP contribution is 2.61. The number of hydrogen-bond donors (Lipinski definition) is 0. The van der Waals surface area contributed by atoms with Crippen LogP contribution in [0.1, 0.15) is 182 Å². The smallest absolute Gasteiger partial charge is 0.512 e. The molecule has 4 nitrogen and oxygen atoms in total. The SMILES string of the molecule is CCCCCCCCCCCCCC[P+](CCCCCC)(CCCCCC)CCCCCC.FC(F)(F)CO[B-](OCC(F)(F)F)(OCC(F)(F)F)OCC(F)(F)F. The van der Waals surface area contributed by atoms with Gasteiger partial charge in [-0.1, -0.05) is 130 Å². The molecule has 0 aromatic rings. The minimum absolute atomic E-state index is 0.697. The maximum atomic E-state index is 12.1. The number of rotatable bonds is 36. The summed E-state index contributed by atoms with van der Waals surface area (Å²) < 4.78 is 159. The van der Waals surface area contributed by atoms with Gasteiger partial charge in [0, 0.05) is 7.26 Å². The predicted molar refractivity (Wildman–Crippen MR) is 214 cm³/mol. The zero-order valence-corrected chi connectivity index (χ0v) is 36.7. The Hall–Kier alpha value is -0.505. The van der Waals surface area contributed by atoms with E-state index in [9.17, 15) is 52.7 Å². The number of hydrogen-bond acceptors (Lipinski definition) is 4. The second kappa shape index (κ2) is 34.0. The van der Waals surface area contributed by atoms with Gasteiger partial charge in [0.15, 0.2) is 0 Å². The highest BCUT2D eigenvalue weighted by Gasteiger charge is 2.45. The lowest BCUT2D eigenvalue weighted by atomic mass is 10.0. The Labute approximate surface area is 342 Å². The first kappa shape index (κ1) is 59.6. The molecule has 0 spiro atoms. The zero-order chi connectivity index (χ0) is 44.5. The van der Waals surface area contributed by atoms with Crippen LogP contribution >= 0.6 is 7.26 Å². The fourth-order valence-corrected chi connectivity index (χ4v) is 11.6. The van der Waals surface area contributed by atoms with E-state index in [0.717, 1.165) is 0 Å². The predicted octanol–water partition coefficient (Wildman–Crippen LogP) is 16.2. The van der Waals surface area contributed by atoms with E-state index in [1.807, 2.05) is 0 Å². The topological polar surface area (TPSA) is 36.9 Å². The van der Waals surface area contributed by atoms with Gasteiger partial charge in [0.25, 0.3) is 0 Å². The second-order valence-corrected chi connectivity index (χ2v) is 20.1. The first-order chi connectivity index (χ1) is 27.1. The molecule has 0 saturated carbocycles. The Balaban J connectivity index is 0. The third kappa shape index (κ3) is 40.9. The van der Waals surface area contributed by atoms with Gasteiger partial charge in [0.1, 0.15) is 26.4 Å². The fraction of sp³-hybridized carbons (Fsp3) is 1.00. The zero-order valence-electron chi connectivity index (χ0n) is 35.8. The molecule has 0 bridgehead atoms. The van der Waals surface area contributed by atoms with Crippen LogP contribution in [0.4, 0.5) is 52.7 Å². The van der Waals surface area contributed by atoms with E-state index >= 15 is 0 Å². The Kier molecular flexibility index (Phi) is 35.0. The number of alkyl halides is 12. The molecule has 0 atom stereocenters. The molecular weight excluding hydrogens is 814 g/mol. The molecule has 0 aromatic carbocycles. The highest BCUT2D eigenvalue weighted by molar-refractivity contribution is 7.75. The van der Waals surface area contributed by atoms with Crippen molar-refractivity contribution in [2.24, 2.45) is 0 Å². The second-order valence-electron chi connectivity index (χ2n) is 15.6. The Bertz CT molecular complexity index is 814. The van der Waals surface area contributed by atoms with Gasteiger partial charge >= 0.3 is 31.7 Å². The third-order valence-electron chi connectivity index (χ3n) is 9.75. The summed E-state index contributed by atoms with van der Waals surface area (Å²) in [5.41, 5.74) is 0. The van der Waals surface area contributed by atoms with Gasteiger partial charge in [-0.05, 0) is 51.4 Å². The molecule has 0 fully saturated rings.